The lowest BCUT2D eigenvalue weighted by Gasteiger charge is -2.19. The van der Waals surface area contributed by atoms with Gasteiger partial charge in [-0.3, -0.25) is 33.9 Å². The highest BCUT2D eigenvalue weighted by atomic mass is 16.5. The van der Waals surface area contributed by atoms with Gasteiger partial charge in [-0.2, -0.15) is 4.68 Å². The number of hydrogen-bond donors (Lipinski definition) is 5. The molecule has 5 aromatic rings. The molecule has 20 nitrogen and oxygen atoms in total. The summed E-state index contributed by atoms with van der Waals surface area (Å²) in [5.41, 5.74) is 7.08. The molecular weight excluding hydrogens is 851 g/mol. The Morgan fingerprint density at radius 2 is 1.61 bits per heavy atom. The van der Waals surface area contributed by atoms with Gasteiger partial charge >= 0.3 is 17.6 Å². The van der Waals surface area contributed by atoms with Crippen LogP contribution in [-0.2, 0) is 26.2 Å². The van der Waals surface area contributed by atoms with Crippen molar-refractivity contribution in [3.63, 3.8) is 0 Å². The van der Waals surface area contributed by atoms with Crippen LogP contribution < -0.4 is 16.3 Å². The number of ketones is 2. The van der Waals surface area contributed by atoms with Crippen LogP contribution in [0.5, 0.6) is 0 Å². The first-order chi connectivity index (χ1) is 31.4. The second-order valence-electron chi connectivity index (χ2n) is 17.4. The largest absolute Gasteiger partial charge is 0.480 e. The van der Waals surface area contributed by atoms with Crippen molar-refractivity contribution < 1.29 is 38.6 Å². The predicted octanol–water partition coefficient (Wildman–Crippen LogP) is 4.47. The molecule has 1 aliphatic carbocycles. The zero-order valence-electron chi connectivity index (χ0n) is 37.9. The summed E-state index contributed by atoms with van der Waals surface area (Å²) < 4.78 is 7.20. The molecule has 5 N–H and O–H groups in total. The molecule has 66 heavy (non-hydrogen) atoms. The van der Waals surface area contributed by atoms with Crippen molar-refractivity contribution in [2.75, 3.05) is 13.7 Å². The lowest BCUT2D eigenvalue weighted by atomic mass is 9.84. The van der Waals surface area contributed by atoms with Crippen molar-refractivity contribution in [3.05, 3.63) is 91.2 Å². The zero-order valence-corrected chi connectivity index (χ0v) is 37.9. The quantitative estimate of drug-likeness (QED) is 0.0472. The molecule has 8 rings (SSSR count). The van der Waals surface area contributed by atoms with Gasteiger partial charge in [-0.1, -0.05) is 31.1 Å². The number of imidazole rings is 1. The number of amides is 2. The second kappa shape index (κ2) is 17.5. The van der Waals surface area contributed by atoms with Gasteiger partial charge in [-0.25, -0.2) is 19.0 Å². The number of nitrogens with zero attached hydrogens (tertiary/aromatic N) is 7. The number of aliphatic carboxylic acids is 1. The molecule has 3 aliphatic rings. The van der Waals surface area contributed by atoms with Crippen molar-refractivity contribution in [1.82, 2.24) is 54.9 Å². The Kier molecular flexibility index (Phi) is 12.0. The number of carbonyl (C=O) groups excluding carboxylic acids is 5. The van der Waals surface area contributed by atoms with Gasteiger partial charge in [0, 0.05) is 94.7 Å². The van der Waals surface area contributed by atoms with E-state index in [-0.39, 0.29) is 73.1 Å². The van der Waals surface area contributed by atoms with Gasteiger partial charge in [0.15, 0.2) is 11.6 Å². The number of esters is 1. The van der Waals surface area contributed by atoms with Crippen LogP contribution in [0, 0.1) is 13.8 Å². The van der Waals surface area contributed by atoms with Crippen LogP contribution in [-0.4, -0.2) is 104 Å². The van der Waals surface area contributed by atoms with E-state index in [1.165, 1.54) is 21.1 Å². The molecule has 2 amide bonds. The minimum Gasteiger partial charge on any atom is -0.480 e. The van der Waals surface area contributed by atoms with Gasteiger partial charge in [0.1, 0.15) is 17.7 Å². The van der Waals surface area contributed by atoms with Crippen LogP contribution in [0.25, 0.3) is 27.8 Å². The summed E-state index contributed by atoms with van der Waals surface area (Å²) in [5.74, 6) is -5.81. The maximum atomic E-state index is 14.4. The first kappa shape index (κ1) is 45.2. The number of methoxy groups -OCH3 is 1. The maximum Gasteiger partial charge on any atom is 0.352 e. The van der Waals surface area contributed by atoms with E-state index in [4.69, 9.17) is 14.7 Å². The first-order valence-electron chi connectivity index (χ1n) is 21.9. The minimum atomic E-state index is -1.33. The highest BCUT2D eigenvalue weighted by Gasteiger charge is 2.45. The van der Waals surface area contributed by atoms with Crippen molar-refractivity contribution >= 4 is 63.2 Å². The van der Waals surface area contributed by atoms with Gasteiger partial charge in [0.2, 0.25) is 5.91 Å². The fraction of sp³-hybridized carbons (Fsp3) is 0.435. The second-order valence-corrected chi connectivity index (χ2v) is 17.4. The number of H-pyrrole nitrogens is 2. The number of nitrogens with one attached hydrogen (secondary N) is 4. The van der Waals surface area contributed by atoms with E-state index in [0.717, 1.165) is 38.7 Å². The fourth-order valence-corrected chi connectivity index (χ4v) is 9.72. The molecule has 20 heteroatoms. The number of aromatic nitrogens is 9. The summed E-state index contributed by atoms with van der Waals surface area (Å²) in [4.78, 5) is 113. The molecule has 344 valence electrons. The number of aryl methyl sites for hydroxylation is 3. The molecule has 0 radical (unpaired) electrons. The topological polar surface area (TPSA) is 278 Å². The van der Waals surface area contributed by atoms with E-state index in [1.807, 2.05) is 39.0 Å². The molecule has 0 aromatic carbocycles. The zero-order chi connectivity index (χ0) is 47.5. The van der Waals surface area contributed by atoms with Crippen molar-refractivity contribution in [3.8, 4) is 0 Å². The number of carboxylic acid groups (broad SMARTS) is 1. The number of hydrogen-bond acceptors (Lipinski definition) is 13. The van der Waals surface area contributed by atoms with E-state index in [1.54, 1.807) is 0 Å². The Bertz CT molecular complexity index is 3120. The SMILES string of the molecule is CC[C@@H]1c2cc3[nH]c4c(c3C)C(=O)C(C(=O)OC)c4c3nc(cc4[nH]c(cc(n2)[C@H]1C)c(C(C)=O)c4C)[C@H](C)[C@H]3CCC(=O)NCCCC(NC(=O)c1cn2c(=O)n(C)nnc2n1)C(=O)O. The predicted molar refractivity (Wildman–Crippen MR) is 239 cm³/mol. The van der Waals surface area contributed by atoms with Crippen LogP contribution in [0.3, 0.4) is 0 Å². The van der Waals surface area contributed by atoms with Gasteiger partial charge in [0.05, 0.1) is 23.8 Å². The summed E-state index contributed by atoms with van der Waals surface area (Å²) in [5, 5.41) is 22.5. The molecule has 2 unspecified atom stereocenters. The molecule has 6 atom stereocenters. The van der Waals surface area contributed by atoms with Gasteiger partial charge in [-0.05, 0) is 75.8 Å². The summed E-state index contributed by atoms with van der Waals surface area (Å²) in [6.45, 7) is 11.5. The minimum absolute atomic E-state index is 0.0144. The van der Waals surface area contributed by atoms with Crippen LogP contribution in [0.15, 0.2) is 29.2 Å². The van der Waals surface area contributed by atoms with E-state index in [0.29, 0.717) is 55.7 Å². The highest BCUT2D eigenvalue weighted by Crippen LogP contribution is 2.48. The molecule has 0 saturated carbocycles. The van der Waals surface area contributed by atoms with Gasteiger partial charge in [-0.15, -0.1) is 0 Å². The number of rotatable bonds is 13. The van der Waals surface area contributed by atoms with Gasteiger partial charge in [0.25, 0.3) is 11.7 Å². The first-order valence-corrected chi connectivity index (χ1v) is 21.9. The fourth-order valence-electron chi connectivity index (χ4n) is 9.72. The normalized spacial score (nSPS) is 19.2. The average molecular weight is 902 g/mol. The summed E-state index contributed by atoms with van der Waals surface area (Å²) in [6.07, 6.45) is 2.37. The molecular formula is C46H51N11O9. The van der Waals surface area contributed by atoms with Crippen LogP contribution in [0.1, 0.15) is 160 Å². The Morgan fingerprint density at radius 3 is 2.30 bits per heavy atom. The van der Waals surface area contributed by atoms with E-state index < -0.39 is 47.2 Å². The molecule has 0 fully saturated rings. The van der Waals surface area contributed by atoms with Crippen LogP contribution >= 0.6 is 0 Å². The number of Topliss-reactive ketones (excluding diaryl/α,β-unsaturated/α-hetero) is 2. The summed E-state index contributed by atoms with van der Waals surface area (Å²) in [7, 11) is 2.61. The van der Waals surface area contributed by atoms with Gasteiger partial charge < -0.3 is 30.4 Å². The maximum absolute atomic E-state index is 14.4. The Morgan fingerprint density at radius 1 is 0.924 bits per heavy atom. The third-order valence-electron chi connectivity index (χ3n) is 13.4. The summed E-state index contributed by atoms with van der Waals surface area (Å²) >= 11 is 0. The number of carboxylic acids is 1. The monoisotopic (exact) mass is 901 g/mol. The highest BCUT2D eigenvalue weighted by molar-refractivity contribution is 6.23. The average Bonchev–Trinajstić information content (AvgIpc) is 4.11. The molecule has 0 spiro atoms. The third-order valence-corrected chi connectivity index (χ3v) is 13.4. The number of aromatic amines is 2. The lowest BCUT2D eigenvalue weighted by molar-refractivity contribution is -0.141. The van der Waals surface area contributed by atoms with E-state index >= 15 is 0 Å². The van der Waals surface area contributed by atoms with Crippen LogP contribution in [0.2, 0.25) is 0 Å². The van der Waals surface area contributed by atoms with E-state index in [2.05, 4.69) is 49.7 Å². The van der Waals surface area contributed by atoms with Crippen molar-refractivity contribution in [2.45, 2.75) is 109 Å². The van der Waals surface area contributed by atoms with Crippen molar-refractivity contribution in [2.24, 2.45) is 7.05 Å². The van der Waals surface area contributed by atoms with E-state index in [9.17, 15) is 38.7 Å². The Hall–Kier alpha value is -7.38. The molecule has 5 aromatic heterocycles. The summed E-state index contributed by atoms with van der Waals surface area (Å²) in [6, 6.07) is 4.46. The lowest BCUT2D eigenvalue weighted by Crippen LogP contribution is -2.41. The van der Waals surface area contributed by atoms with Crippen molar-refractivity contribution in [1.29, 1.82) is 0 Å². The molecule has 7 heterocycles. The third kappa shape index (κ3) is 7.82. The Labute approximate surface area is 377 Å². The Balaban J connectivity index is 1.10. The molecule has 2 aliphatic heterocycles. The standard InChI is InChI=1S/C46H51N11O9/c1-9-24-19(2)27-17-32-35(23(6)58)21(4)29(49-32)15-28-20(3)25(39(50-28)37-38(44(64)66-8)41(60)36-22(5)30(51-40(36)37)16-31(24)48-27)12-13-34(59)47-14-10-11-26(43(62)63)52-42(61)33-18-57-45(53-33)54-55-56(7)46(57)65/h15-20,24-26,38,49,51H,9-14H2,1-8H3,(H,47,59)(H,52,61)(H,62,63)/t19-,20+,24-,25+,26?,38?/m0/s1. The smallest absolute Gasteiger partial charge is 0.352 e. The molecule has 8 bridgehead atoms. The number of fused-ring (bicyclic) bond motifs is 9. The number of carbonyl (C=O) groups is 6. The number of ether oxygens (including phenoxy) is 1. The molecule has 0 saturated heterocycles. The van der Waals surface area contributed by atoms with Crippen LogP contribution in [0.4, 0.5) is 0 Å².